The van der Waals surface area contributed by atoms with E-state index in [9.17, 15) is 4.79 Å². The van der Waals surface area contributed by atoms with Gasteiger partial charge in [-0.05, 0) is 13.5 Å². The molecule has 1 unspecified atom stereocenters. The maximum absolute atomic E-state index is 11.8. The largest absolute Gasteiger partial charge is 0.347 e. The zero-order valence-corrected chi connectivity index (χ0v) is 10.4. The number of rotatable bonds is 3. The van der Waals surface area contributed by atoms with Crippen LogP contribution >= 0.6 is 0 Å². The molecule has 0 spiro atoms. The highest BCUT2D eigenvalue weighted by molar-refractivity contribution is 5.80. The number of nitrogens with zero attached hydrogens (tertiary/aromatic N) is 3. The van der Waals surface area contributed by atoms with Crippen LogP contribution in [0.4, 0.5) is 0 Å². The van der Waals surface area contributed by atoms with Crippen LogP contribution in [-0.2, 0) is 4.79 Å². The first kappa shape index (κ1) is 12.5. The van der Waals surface area contributed by atoms with Gasteiger partial charge < -0.3 is 9.80 Å². The lowest BCUT2D eigenvalue weighted by molar-refractivity contribution is -0.134. The normalized spacial score (nSPS) is 21.3. The summed E-state index contributed by atoms with van der Waals surface area (Å²) in [6, 6.07) is 0.0269. The number of piperazine rings is 1. The summed E-state index contributed by atoms with van der Waals surface area (Å²) in [5.74, 6) is 0.208. The average Bonchev–Trinajstić information content (AvgIpc) is 2.27. The Morgan fingerprint density at radius 2 is 1.80 bits per heavy atom. The number of hydrogen-bond donors (Lipinski definition) is 0. The van der Waals surface area contributed by atoms with E-state index in [2.05, 4.69) is 16.7 Å². The van der Waals surface area contributed by atoms with Crippen LogP contribution in [0, 0.1) is 0 Å². The Kier molecular flexibility index (Phi) is 4.54. The molecule has 0 radical (unpaired) electrons. The predicted molar refractivity (Wildman–Crippen MR) is 61.8 cm³/mol. The Morgan fingerprint density at radius 3 is 2.20 bits per heavy atom. The molecule has 0 N–H and O–H groups in total. The summed E-state index contributed by atoms with van der Waals surface area (Å²) in [5.41, 5.74) is 0. The topological polar surface area (TPSA) is 26.8 Å². The zero-order valence-electron chi connectivity index (χ0n) is 10.4. The van der Waals surface area contributed by atoms with Crippen LogP contribution in [-0.4, -0.2) is 73.5 Å². The van der Waals surface area contributed by atoms with Crippen molar-refractivity contribution in [1.82, 2.24) is 14.7 Å². The van der Waals surface area contributed by atoms with Gasteiger partial charge in [-0.3, -0.25) is 9.69 Å². The molecule has 1 aliphatic heterocycles. The maximum Gasteiger partial charge on any atom is 0.239 e. The Bertz CT molecular complexity index is 210. The molecule has 0 aromatic rings. The fourth-order valence-electron chi connectivity index (χ4n) is 2.00. The molecule has 15 heavy (non-hydrogen) atoms. The van der Waals surface area contributed by atoms with Crippen molar-refractivity contribution in [3.05, 3.63) is 0 Å². The summed E-state index contributed by atoms with van der Waals surface area (Å²) in [6.45, 7) is 9.49. The van der Waals surface area contributed by atoms with Gasteiger partial charge in [0.2, 0.25) is 5.91 Å². The molecular formula is C11H23N3O. The Balaban J connectivity index is 2.42. The van der Waals surface area contributed by atoms with Crippen molar-refractivity contribution in [1.29, 1.82) is 0 Å². The Labute approximate surface area is 92.8 Å². The fraction of sp³-hybridized carbons (Fsp3) is 0.909. The zero-order chi connectivity index (χ0) is 11.4. The van der Waals surface area contributed by atoms with Gasteiger partial charge in [-0.25, -0.2) is 0 Å². The van der Waals surface area contributed by atoms with Crippen molar-refractivity contribution in [3.63, 3.8) is 0 Å². The van der Waals surface area contributed by atoms with Gasteiger partial charge in [0.25, 0.3) is 0 Å². The molecule has 0 aromatic carbocycles. The van der Waals surface area contributed by atoms with Gasteiger partial charge in [0.15, 0.2) is 0 Å². The molecule has 1 amide bonds. The Morgan fingerprint density at radius 1 is 1.27 bits per heavy atom. The highest BCUT2D eigenvalue weighted by atomic mass is 16.2. The molecule has 0 bridgehead atoms. The second kappa shape index (κ2) is 5.47. The number of likely N-dealkylation sites (N-methyl/N-ethyl adjacent to an activating group) is 2. The van der Waals surface area contributed by atoms with Gasteiger partial charge in [0, 0.05) is 40.3 Å². The second-order valence-corrected chi connectivity index (χ2v) is 4.38. The summed E-state index contributed by atoms with van der Waals surface area (Å²) in [6.07, 6.45) is 0. The molecule has 0 aliphatic carbocycles. The molecule has 88 valence electrons. The third-order valence-electron chi connectivity index (χ3n) is 3.20. The molecule has 4 nitrogen and oxygen atoms in total. The highest BCUT2D eigenvalue weighted by Crippen LogP contribution is 2.07. The van der Waals surface area contributed by atoms with Gasteiger partial charge in [0.05, 0.1) is 6.04 Å². The lowest BCUT2D eigenvalue weighted by Crippen LogP contribution is -2.53. The number of carbonyl (C=O) groups excluding carboxylic acids is 1. The first-order valence-corrected chi connectivity index (χ1v) is 5.73. The summed E-state index contributed by atoms with van der Waals surface area (Å²) in [7, 11) is 3.64. The molecular weight excluding hydrogens is 190 g/mol. The minimum absolute atomic E-state index is 0.0269. The maximum atomic E-state index is 11.8. The van der Waals surface area contributed by atoms with Crippen LogP contribution < -0.4 is 0 Å². The van der Waals surface area contributed by atoms with Crippen molar-refractivity contribution in [3.8, 4) is 0 Å². The van der Waals surface area contributed by atoms with Crippen LogP contribution in [0.2, 0.25) is 0 Å². The number of amides is 1. The van der Waals surface area contributed by atoms with E-state index in [-0.39, 0.29) is 11.9 Å². The molecule has 1 heterocycles. The molecule has 1 fully saturated rings. The summed E-state index contributed by atoms with van der Waals surface area (Å²) in [4.78, 5) is 18.1. The van der Waals surface area contributed by atoms with Crippen LogP contribution in [0.3, 0.4) is 0 Å². The van der Waals surface area contributed by atoms with Crippen molar-refractivity contribution in [2.24, 2.45) is 0 Å². The predicted octanol–water partition coefficient (Wildman–Crippen LogP) is 0.101. The Hall–Kier alpha value is -0.610. The number of carbonyl (C=O) groups is 1. The summed E-state index contributed by atoms with van der Waals surface area (Å²) >= 11 is 0. The molecule has 0 saturated carbocycles. The van der Waals surface area contributed by atoms with Crippen molar-refractivity contribution in [2.75, 3.05) is 46.8 Å². The lowest BCUT2D eigenvalue weighted by atomic mass is 10.2. The average molecular weight is 213 g/mol. The van der Waals surface area contributed by atoms with Crippen LogP contribution in [0.15, 0.2) is 0 Å². The molecule has 1 atom stereocenters. The van der Waals surface area contributed by atoms with Gasteiger partial charge in [-0.2, -0.15) is 0 Å². The van der Waals surface area contributed by atoms with E-state index in [0.717, 1.165) is 32.7 Å². The van der Waals surface area contributed by atoms with Crippen LogP contribution in [0.5, 0.6) is 0 Å². The van der Waals surface area contributed by atoms with Crippen molar-refractivity contribution in [2.45, 2.75) is 19.9 Å². The first-order chi connectivity index (χ1) is 7.06. The van der Waals surface area contributed by atoms with Gasteiger partial charge in [0.1, 0.15) is 0 Å². The van der Waals surface area contributed by atoms with E-state index in [4.69, 9.17) is 0 Å². The standard InChI is InChI=1S/C11H23N3O/c1-5-13-6-8-14(9-7-13)10(2)11(15)12(3)4/h10H,5-9H2,1-4H3. The molecule has 1 aliphatic rings. The van der Waals surface area contributed by atoms with Gasteiger partial charge >= 0.3 is 0 Å². The minimum atomic E-state index is 0.0269. The summed E-state index contributed by atoms with van der Waals surface area (Å²) in [5, 5.41) is 0. The third kappa shape index (κ3) is 3.18. The van der Waals surface area contributed by atoms with E-state index in [1.807, 2.05) is 21.0 Å². The van der Waals surface area contributed by atoms with E-state index < -0.39 is 0 Å². The van der Waals surface area contributed by atoms with Crippen molar-refractivity contribution < 1.29 is 4.79 Å². The molecule has 4 heteroatoms. The number of hydrogen-bond acceptors (Lipinski definition) is 3. The molecule has 1 rings (SSSR count). The van der Waals surface area contributed by atoms with Crippen LogP contribution in [0.1, 0.15) is 13.8 Å². The smallest absolute Gasteiger partial charge is 0.239 e. The van der Waals surface area contributed by atoms with Crippen molar-refractivity contribution >= 4 is 5.91 Å². The SMILES string of the molecule is CCN1CCN(C(C)C(=O)N(C)C)CC1. The minimum Gasteiger partial charge on any atom is -0.347 e. The lowest BCUT2D eigenvalue weighted by Gasteiger charge is -2.37. The second-order valence-electron chi connectivity index (χ2n) is 4.38. The molecule has 0 aromatic heterocycles. The van der Waals surface area contributed by atoms with E-state index in [1.54, 1.807) is 4.90 Å². The van der Waals surface area contributed by atoms with Gasteiger partial charge in [-0.1, -0.05) is 6.92 Å². The van der Waals surface area contributed by atoms with E-state index in [0.29, 0.717) is 0 Å². The quantitative estimate of drug-likeness (QED) is 0.665. The molecule has 1 saturated heterocycles. The van der Waals surface area contributed by atoms with Gasteiger partial charge in [-0.15, -0.1) is 0 Å². The highest BCUT2D eigenvalue weighted by Gasteiger charge is 2.25. The fourth-order valence-corrected chi connectivity index (χ4v) is 2.00. The van der Waals surface area contributed by atoms with Crippen LogP contribution in [0.25, 0.3) is 0 Å². The monoisotopic (exact) mass is 213 g/mol. The van der Waals surface area contributed by atoms with E-state index in [1.165, 1.54) is 0 Å². The third-order valence-corrected chi connectivity index (χ3v) is 3.20. The first-order valence-electron chi connectivity index (χ1n) is 5.73. The van der Waals surface area contributed by atoms with E-state index >= 15 is 0 Å². The summed E-state index contributed by atoms with van der Waals surface area (Å²) < 4.78 is 0.